The molecule has 2 atom stereocenters. The second-order valence-corrected chi connectivity index (χ2v) is 10.5. The summed E-state index contributed by atoms with van der Waals surface area (Å²) in [7, 11) is -7.58. The molecule has 0 bridgehead atoms. The predicted molar refractivity (Wildman–Crippen MR) is 81.0 cm³/mol. The molecule has 0 spiro atoms. The molecule has 1 N–H and O–H groups in total. The van der Waals surface area contributed by atoms with Crippen molar-refractivity contribution in [2.24, 2.45) is 0 Å². The van der Waals surface area contributed by atoms with E-state index in [0.717, 1.165) is 0 Å². The van der Waals surface area contributed by atoms with Gasteiger partial charge in [-0.25, -0.2) is 8.42 Å². The van der Waals surface area contributed by atoms with Gasteiger partial charge in [0.2, 0.25) is 5.91 Å². The molecule has 0 unspecified atom stereocenters. The van der Waals surface area contributed by atoms with Crippen molar-refractivity contribution in [3.63, 3.8) is 0 Å². The predicted octanol–water partition coefficient (Wildman–Crippen LogP) is 1.22. The SMILES string of the molecule is CCOS(=O)(=O)c1cc2c(s1)S(=O)(=O)[C@@H](C)C[C@@H]2NC(C)=O. The minimum absolute atomic E-state index is 0.0109. The van der Waals surface area contributed by atoms with Crippen molar-refractivity contribution in [3.8, 4) is 0 Å². The fourth-order valence-corrected chi connectivity index (χ4v) is 7.23. The molecule has 0 radical (unpaired) electrons. The summed E-state index contributed by atoms with van der Waals surface area (Å²) in [6.45, 7) is 4.37. The van der Waals surface area contributed by atoms with E-state index in [0.29, 0.717) is 16.9 Å². The van der Waals surface area contributed by atoms with Crippen LogP contribution in [-0.2, 0) is 28.9 Å². The van der Waals surface area contributed by atoms with Crippen molar-refractivity contribution in [1.82, 2.24) is 5.32 Å². The Morgan fingerprint density at radius 1 is 1.50 bits per heavy atom. The molecule has 7 nitrogen and oxygen atoms in total. The second-order valence-electron chi connectivity index (χ2n) is 5.01. The Hall–Kier alpha value is -0.970. The minimum atomic E-state index is -3.98. The van der Waals surface area contributed by atoms with Crippen LogP contribution in [0, 0.1) is 0 Å². The molecule has 124 valence electrons. The van der Waals surface area contributed by atoms with Crippen LogP contribution in [0.1, 0.15) is 38.8 Å². The van der Waals surface area contributed by atoms with E-state index in [1.165, 1.54) is 19.9 Å². The van der Waals surface area contributed by atoms with Crippen molar-refractivity contribution < 1.29 is 25.8 Å². The highest BCUT2D eigenvalue weighted by atomic mass is 32.3. The van der Waals surface area contributed by atoms with E-state index in [2.05, 4.69) is 5.32 Å². The third kappa shape index (κ3) is 3.05. The first-order valence-electron chi connectivity index (χ1n) is 6.63. The average Bonchev–Trinajstić information content (AvgIpc) is 2.82. The van der Waals surface area contributed by atoms with Crippen LogP contribution in [0.25, 0.3) is 0 Å². The Morgan fingerprint density at radius 2 is 2.14 bits per heavy atom. The number of nitrogens with one attached hydrogen (secondary N) is 1. The van der Waals surface area contributed by atoms with Gasteiger partial charge in [0.15, 0.2) is 9.84 Å². The maximum atomic E-state index is 12.4. The third-order valence-electron chi connectivity index (χ3n) is 3.33. The molecule has 0 fully saturated rings. The highest BCUT2D eigenvalue weighted by Gasteiger charge is 2.40. The zero-order valence-corrected chi connectivity index (χ0v) is 14.8. The summed E-state index contributed by atoms with van der Waals surface area (Å²) in [6.07, 6.45) is 0.208. The Morgan fingerprint density at radius 3 is 2.68 bits per heavy atom. The number of amides is 1. The summed E-state index contributed by atoms with van der Waals surface area (Å²) in [5.74, 6) is -0.303. The van der Waals surface area contributed by atoms with Crippen LogP contribution >= 0.6 is 11.3 Å². The largest absolute Gasteiger partial charge is 0.349 e. The molecule has 2 rings (SSSR count). The fourth-order valence-electron chi connectivity index (χ4n) is 2.32. The van der Waals surface area contributed by atoms with Crippen molar-refractivity contribution in [2.75, 3.05) is 6.61 Å². The first kappa shape index (κ1) is 17.4. The summed E-state index contributed by atoms with van der Waals surface area (Å²) in [4.78, 5) is 11.3. The molecule has 0 aromatic carbocycles. The van der Waals surface area contributed by atoms with E-state index in [4.69, 9.17) is 4.18 Å². The molecule has 10 heteroatoms. The molecule has 0 aliphatic carbocycles. The van der Waals surface area contributed by atoms with Gasteiger partial charge in [-0.2, -0.15) is 8.42 Å². The molecule has 1 aromatic rings. The normalized spacial score (nSPS) is 23.8. The molecule has 1 aliphatic rings. The molecule has 2 heterocycles. The van der Waals surface area contributed by atoms with Gasteiger partial charge in [-0.05, 0) is 26.3 Å². The van der Waals surface area contributed by atoms with E-state index in [1.807, 2.05) is 0 Å². The van der Waals surface area contributed by atoms with Crippen LogP contribution in [0.2, 0.25) is 0 Å². The van der Waals surface area contributed by atoms with Crippen molar-refractivity contribution in [3.05, 3.63) is 11.6 Å². The zero-order valence-electron chi connectivity index (χ0n) is 12.3. The van der Waals surface area contributed by atoms with Crippen molar-refractivity contribution >= 4 is 37.2 Å². The van der Waals surface area contributed by atoms with Gasteiger partial charge in [0.1, 0.15) is 8.42 Å². The molecule has 1 amide bonds. The number of thiophene rings is 1. The first-order chi connectivity index (χ1) is 10.1. The number of hydrogen-bond donors (Lipinski definition) is 1. The summed E-state index contributed by atoms with van der Waals surface area (Å²) in [5.41, 5.74) is 0.316. The number of carbonyl (C=O) groups is 1. The van der Waals surface area contributed by atoms with E-state index < -0.39 is 31.2 Å². The number of carbonyl (C=O) groups excluding carboxylic acids is 1. The number of hydrogen-bond acceptors (Lipinski definition) is 7. The Bertz CT molecular complexity index is 793. The second kappa shape index (κ2) is 5.91. The highest BCUT2D eigenvalue weighted by Crippen LogP contribution is 2.43. The lowest BCUT2D eigenvalue weighted by molar-refractivity contribution is -0.119. The van der Waals surface area contributed by atoms with E-state index in [9.17, 15) is 21.6 Å². The molecular weight excluding hydrogens is 350 g/mol. The quantitative estimate of drug-likeness (QED) is 0.802. The molecule has 1 aromatic heterocycles. The summed E-state index contributed by atoms with van der Waals surface area (Å²) in [5, 5.41) is 1.97. The van der Waals surface area contributed by atoms with Gasteiger partial charge in [0.25, 0.3) is 0 Å². The maximum Gasteiger partial charge on any atom is 0.306 e. The molecule has 1 aliphatic heterocycles. The van der Waals surface area contributed by atoms with Gasteiger partial charge in [-0.1, -0.05) is 0 Å². The molecular formula is C12H17NO6S3. The Kier molecular flexibility index (Phi) is 4.67. The summed E-state index contributed by atoms with van der Waals surface area (Å²) < 4.78 is 53.3. The van der Waals surface area contributed by atoms with Gasteiger partial charge < -0.3 is 5.32 Å². The van der Waals surface area contributed by atoms with Gasteiger partial charge in [-0.15, -0.1) is 11.3 Å². The van der Waals surface area contributed by atoms with E-state index >= 15 is 0 Å². The number of fused-ring (bicyclic) bond motifs is 1. The van der Waals surface area contributed by atoms with Crippen LogP contribution in [0.15, 0.2) is 14.5 Å². The van der Waals surface area contributed by atoms with Crippen molar-refractivity contribution in [1.29, 1.82) is 0 Å². The third-order valence-corrected chi connectivity index (χ3v) is 9.04. The molecule has 22 heavy (non-hydrogen) atoms. The van der Waals surface area contributed by atoms with E-state index in [1.54, 1.807) is 6.92 Å². The smallest absolute Gasteiger partial charge is 0.306 e. The first-order valence-corrected chi connectivity index (χ1v) is 10.4. The summed E-state index contributed by atoms with van der Waals surface area (Å²) >= 11 is 0.672. The van der Waals surface area contributed by atoms with Gasteiger partial charge >= 0.3 is 10.1 Å². The Balaban J connectivity index is 2.59. The lowest BCUT2D eigenvalue weighted by atomic mass is 10.1. The maximum absolute atomic E-state index is 12.4. The van der Waals surface area contributed by atoms with Gasteiger partial charge in [0, 0.05) is 12.5 Å². The van der Waals surface area contributed by atoms with Gasteiger partial charge in [0.05, 0.1) is 17.9 Å². The standard InChI is InChI=1S/C12H17NO6S3/c1-4-19-22(17,18)11-6-9-10(13-8(3)14)5-7(2)21(15,16)12(9)20-11/h6-7,10H,4-5H2,1-3H3,(H,13,14)/t7-,10-/m0/s1. The monoisotopic (exact) mass is 367 g/mol. The minimum Gasteiger partial charge on any atom is -0.349 e. The summed E-state index contributed by atoms with van der Waals surface area (Å²) in [6, 6.07) is 0.766. The van der Waals surface area contributed by atoms with E-state index in [-0.39, 0.29) is 27.4 Å². The molecule has 0 saturated heterocycles. The van der Waals surface area contributed by atoms with Crippen LogP contribution in [0.5, 0.6) is 0 Å². The lowest BCUT2D eigenvalue weighted by Crippen LogP contribution is -2.35. The van der Waals surface area contributed by atoms with Crippen LogP contribution in [0.4, 0.5) is 0 Å². The fraction of sp³-hybridized carbons (Fsp3) is 0.583. The van der Waals surface area contributed by atoms with Crippen LogP contribution < -0.4 is 5.32 Å². The van der Waals surface area contributed by atoms with Crippen molar-refractivity contribution in [2.45, 2.75) is 46.9 Å². The zero-order chi connectivity index (χ0) is 16.7. The van der Waals surface area contributed by atoms with Gasteiger partial charge in [-0.3, -0.25) is 8.98 Å². The topological polar surface area (TPSA) is 107 Å². The lowest BCUT2D eigenvalue weighted by Gasteiger charge is -2.27. The molecule has 0 saturated carbocycles. The average molecular weight is 367 g/mol. The Labute approximate surface area is 133 Å². The number of rotatable bonds is 4. The highest BCUT2D eigenvalue weighted by molar-refractivity contribution is 7.95. The van der Waals surface area contributed by atoms with Crippen LogP contribution in [0.3, 0.4) is 0 Å². The van der Waals surface area contributed by atoms with Crippen LogP contribution in [-0.4, -0.2) is 34.6 Å². The number of sulfone groups is 1.